The summed E-state index contributed by atoms with van der Waals surface area (Å²) >= 11 is 0. The van der Waals surface area contributed by atoms with Crippen molar-refractivity contribution in [1.82, 2.24) is 5.16 Å². The Bertz CT molecular complexity index is 192. The molecule has 78 valence electrons. The predicted molar refractivity (Wildman–Crippen MR) is 58.0 cm³/mol. The first-order valence-electron chi connectivity index (χ1n) is 5.13. The summed E-state index contributed by atoms with van der Waals surface area (Å²) in [5.74, 6) is 1.42. The second kappa shape index (κ2) is 9.30. The van der Waals surface area contributed by atoms with Crippen LogP contribution in [0.1, 0.15) is 58.9 Å². The predicted octanol–water partition coefficient (Wildman–Crippen LogP) is 4.16. The van der Waals surface area contributed by atoms with Gasteiger partial charge in [-0.25, -0.2) is 0 Å². The lowest BCUT2D eigenvalue weighted by Gasteiger charge is -1.92. The van der Waals surface area contributed by atoms with Gasteiger partial charge in [0, 0.05) is 12.0 Å². The van der Waals surface area contributed by atoms with Gasteiger partial charge in [-0.05, 0) is 6.92 Å². The molecule has 2 nitrogen and oxygen atoms in total. The van der Waals surface area contributed by atoms with Crippen molar-refractivity contribution in [3.8, 4) is 0 Å². The Hall–Kier alpha value is -0.790. The van der Waals surface area contributed by atoms with Gasteiger partial charge in [0.1, 0.15) is 5.76 Å². The summed E-state index contributed by atoms with van der Waals surface area (Å²) in [6.07, 6.45) is 0. The molecule has 0 aliphatic rings. The van der Waals surface area contributed by atoms with E-state index in [0.29, 0.717) is 5.92 Å². The Labute approximate surface area is 82.3 Å². The Balaban J connectivity index is 0. The highest BCUT2D eigenvalue weighted by Crippen LogP contribution is 2.13. The molecule has 0 spiro atoms. The fraction of sp³-hybridized carbons (Fsp3) is 0.727. The molecule has 1 aromatic rings. The van der Waals surface area contributed by atoms with E-state index in [-0.39, 0.29) is 0 Å². The van der Waals surface area contributed by atoms with Gasteiger partial charge >= 0.3 is 0 Å². The third-order valence-electron chi connectivity index (χ3n) is 1.22. The van der Waals surface area contributed by atoms with Crippen LogP contribution >= 0.6 is 0 Å². The van der Waals surface area contributed by atoms with Crippen molar-refractivity contribution in [2.75, 3.05) is 0 Å². The van der Waals surface area contributed by atoms with E-state index in [1.54, 1.807) is 0 Å². The molecule has 0 saturated heterocycles. The monoisotopic (exact) mass is 185 g/mol. The maximum atomic E-state index is 4.98. The summed E-state index contributed by atoms with van der Waals surface area (Å²) in [6.45, 7) is 14.1. The molecule has 1 heterocycles. The normalized spacial score (nSPS) is 8.31. The maximum absolute atomic E-state index is 4.98. The van der Waals surface area contributed by atoms with Gasteiger partial charge in [0.15, 0.2) is 0 Å². The minimum Gasteiger partial charge on any atom is -0.361 e. The Kier molecular flexibility index (Phi) is 10.5. The molecule has 0 amide bonds. The van der Waals surface area contributed by atoms with E-state index in [2.05, 4.69) is 19.0 Å². The third-order valence-corrected chi connectivity index (χ3v) is 1.22. The van der Waals surface area contributed by atoms with Crippen molar-refractivity contribution in [3.63, 3.8) is 0 Å². The summed E-state index contributed by atoms with van der Waals surface area (Å²) in [5.41, 5.74) is 0.957. The molecule has 13 heavy (non-hydrogen) atoms. The number of aryl methyl sites for hydroxylation is 1. The number of nitrogens with zero attached hydrogens (tertiary/aromatic N) is 1. The first-order chi connectivity index (χ1) is 6.20. The summed E-state index contributed by atoms with van der Waals surface area (Å²) in [6, 6.07) is 1.96. The van der Waals surface area contributed by atoms with Gasteiger partial charge in [-0.15, -0.1) is 0 Å². The zero-order valence-corrected chi connectivity index (χ0v) is 10.0. The van der Waals surface area contributed by atoms with Crippen molar-refractivity contribution in [3.05, 3.63) is 17.5 Å². The quantitative estimate of drug-likeness (QED) is 0.656. The van der Waals surface area contributed by atoms with Gasteiger partial charge in [-0.2, -0.15) is 0 Å². The van der Waals surface area contributed by atoms with Crippen LogP contribution in [-0.4, -0.2) is 5.16 Å². The van der Waals surface area contributed by atoms with Gasteiger partial charge < -0.3 is 4.52 Å². The summed E-state index contributed by atoms with van der Waals surface area (Å²) in [5, 5.41) is 3.76. The van der Waals surface area contributed by atoms with Gasteiger partial charge in [0.25, 0.3) is 0 Å². The van der Waals surface area contributed by atoms with Crippen LogP contribution in [0.15, 0.2) is 10.6 Å². The lowest BCUT2D eigenvalue weighted by molar-refractivity contribution is 0.368. The van der Waals surface area contributed by atoms with Crippen LogP contribution in [-0.2, 0) is 0 Å². The van der Waals surface area contributed by atoms with Gasteiger partial charge in [-0.3, -0.25) is 0 Å². The fourth-order valence-electron chi connectivity index (χ4n) is 0.655. The van der Waals surface area contributed by atoms with E-state index < -0.39 is 0 Å². The number of hydrogen-bond acceptors (Lipinski definition) is 2. The van der Waals surface area contributed by atoms with E-state index in [0.717, 1.165) is 11.5 Å². The molecule has 0 aliphatic carbocycles. The van der Waals surface area contributed by atoms with Crippen LogP contribution in [0.2, 0.25) is 0 Å². The SMILES string of the molecule is CC.CC.Cc1cc(C(C)C)on1. The van der Waals surface area contributed by atoms with E-state index in [4.69, 9.17) is 4.52 Å². The van der Waals surface area contributed by atoms with Crippen molar-refractivity contribution >= 4 is 0 Å². The molecule has 0 radical (unpaired) electrons. The summed E-state index contributed by atoms with van der Waals surface area (Å²) < 4.78 is 4.98. The van der Waals surface area contributed by atoms with Crippen LogP contribution in [0.5, 0.6) is 0 Å². The molecular weight excluding hydrogens is 162 g/mol. The lowest BCUT2D eigenvalue weighted by atomic mass is 10.1. The molecular formula is C11H23NO. The standard InChI is InChI=1S/C7H11NO.2C2H6/c1-5(2)7-4-6(3)8-9-7;2*1-2/h4-5H,1-3H3;2*1-2H3. The zero-order valence-electron chi connectivity index (χ0n) is 10.0. The topological polar surface area (TPSA) is 26.0 Å². The molecule has 0 saturated carbocycles. The van der Waals surface area contributed by atoms with Gasteiger partial charge in [0.05, 0.1) is 5.69 Å². The van der Waals surface area contributed by atoms with Crippen molar-refractivity contribution in [1.29, 1.82) is 0 Å². The largest absolute Gasteiger partial charge is 0.361 e. The number of hydrogen-bond donors (Lipinski definition) is 0. The summed E-state index contributed by atoms with van der Waals surface area (Å²) in [7, 11) is 0. The van der Waals surface area contributed by atoms with E-state index in [9.17, 15) is 0 Å². The Morgan fingerprint density at radius 1 is 1.15 bits per heavy atom. The van der Waals surface area contributed by atoms with Crippen LogP contribution in [0.25, 0.3) is 0 Å². The highest BCUT2D eigenvalue weighted by molar-refractivity contribution is 5.06. The molecule has 0 aliphatic heterocycles. The highest BCUT2D eigenvalue weighted by atomic mass is 16.5. The van der Waals surface area contributed by atoms with Gasteiger partial charge in [-0.1, -0.05) is 46.7 Å². The van der Waals surface area contributed by atoms with Crippen LogP contribution in [0.3, 0.4) is 0 Å². The minimum atomic E-state index is 0.450. The first kappa shape index (κ1) is 14.7. The second-order valence-electron chi connectivity index (χ2n) is 2.53. The average Bonchev–Trinajstić information content (AvgIpc) is 2.59. The Morgan fingerprint density at radius 3 is 1.77 bits per heavy atom. The molecule has 0 N–H and O–H groups in total. The second-order valence-corrected chi connectivity index (χ2v) is 2.53. The molecule has 1 rings (SSSR count). The number of rotatable bonds is 1. The zero-order chi connectivity index (χ0) is 10.9. The molecule has 0 aromatic carbocycles. The molecule has 0 unspecified atom stereocenters. The molecule has 0 atom stereocenters. The highest BCUT2D eigenvalue weighted by Gasteiger charge is 2.03. The molecule has 0 fully saturated rings. The van der Waals surface area contributed by atoms with E-state index >= 15 is 0 Å². The van der Waals surface area contributed by atoms with Crippen LogP contribution < -0.4 is 0 Å². The van der Waals surface area contributed by atoms with Gasteiger partial charge in [0.2, 0.25) is 0 Å². The number of aromatic nitrogens is 1. The fourth-order valence-corrected chi connectivity index (χ4v) is 0.655. The minimum absolute atomic E-state index is 0.450. The molecule has 1 aromatic heterocycles. The van der Waals surface area contributed by atoms with Crippen LogP contribution in [0.4, 0.5) is 0 Å². The van der Waals surface area contributed by atoms with E-state index in [1.165, 1.54) is 0 Å². The first-order valence-corrected chi connectivity index (χ1v) is 5.13. The van der Waals surface area contributed by atoms with Crippen molar-refractivity contribution < 1.29 is 4.52 Å². The van der Waals surface area contributed by atoms with E-state index in [1.807, 2.05) is 40.7 Å². The van der Waals surface area contributed by atoms with Crippen molar-refractivity contribution in [2.45, 2.75) is 54.4 Å². The third kappa shape index (κ3) is 6.38. The average molecular weight is 185 g/mol. The van der Waals surface area contributed by atoms with Crippen molar-refractivity contribution in [2.24, 2.45) is 0 Å². The summed E-state index contributed by atoms with van der Waals surface area (Å²) in [4.78, 5) is 0. The lowest BCUT2D eigenvalue weighted by Crippen LogP contribution is -1.80. The maximum Gasteiger partial charge on any atom is 0.139 e. The molecule has 0 bridgehead atoms. The molecule has 2 heteroatoms. The van der Waals surface area contributed by atoms with Crippen LogP contribution in [0, 0.1) is 6.92 Å². The smallest absolute Gasteiger partial charge is 0.139 e. The Morgan fingerprint density at radius 2 is 1.62 bits per heavy atom.